The van der Waals surface area contributed by atoms with Gasteiger partial charge in [0, 0.05) is 16.3 Å². The van der Waals surface area contributed by atoms with Crippen LogP contribution < -0.4 is 0 Å². The summed E-state index contributed by atoms with van der Waals surface area (Å²) in [4.78, 5) is 4.83. The van der Waals surface area contributed by atoms with Gasteiger partial charge in [0.15, 0.2) is 0 Å². The summed E-state index contributed by atoms with van der Waals surface area (Å²) in [6.07, 6.45) is 0. The molecule has 0 saturated heterocycles. The van der Waals surface area contributed by atoms with E-state index in [1.807, 2.05) is 11.8 Å². The molecule has 3 rings (SSSR count). The fourth-order valence-electron chi connectivity index (χ4n) is 2.43. The Bertz CT molecular complexity index is 749. The van der Waals surface area contributed by atoms with Gasteiger partial charge in [0.1, 0.15) is 0 Å². The molecule has 0 aliphatic heterocycles. The maximum absolute atomic E-state index is 2.27. The molecule has 0 amide bonds. The average molecular weight is 293 g/mol. The first-order chi connectivity index (χ1) is 10.2. The van der Waals surface area contributed by atoms with Crippen LogP contribution in [0.3, 0.4) is 0 Å². The molecule has 0 aliphatic carbocycles. The van der Waals surface area contributed by atoms with Crippen molar-refractivity contribution in [3.8, 4) is 0 Å². The van der Waals surface area contributed by atoms with Crippen molar-refractivity contribution in [3.05, 3.63) is 72.3 Å². The number of rotatable bonds is 4. The van der Waals surface area contributed by atoms with E-state index in [-0.39, 0.29) is 0 Å². The molecule has 0 saturated carbocycles. The fourth-order valence-corrected chi connectivity index (χ4v) is 3.42. The van der Waals surface area contributed by atoms with Gasteiger partial charge < -0.3 is 4.90 Å². The Kier molecular flexibility index (Phi) is 4.28. The summed E-state index contributed by atoms with van der Waals surface area (Å²) >= 11 is 1.84. The molecule has 0 aromatic heterocycles. The first-order valence-corrected chi connectivity index (χ1v) is 7.93. The normalized spacial score (nSPS) is 11.2. The van der Waals surface area contributed by atoms with Crippen molar-refractivity contribution in [2.24, 2.45) is 0 Å². The van der Waals surface area contributed by atoms with Crippen molar-refractivity contribution >= 4 is 22.5 Å². The minimum atomic E-state index is 0.969. The highest BCUT2D eigenvalue weighted by Gasteiger charge is 2.05. The van der Waals surface area contributed by atoms with Gasteiger partial charge in [-0.1, -0.05) is 60.3 Å². The lowest BCUT2D eigenvalue weighted by molar-refractivity contribution is 0.399. The molecule has 0 N–H and O–H groups in total. The van der Waals surface area contributed by atoms with Gasteiger partial charge in [0.25, 0.3) is 0 Å². The van der Waals surface area contributed by atoms with Crippen LogP contribution in [0.5, 0.6) is 0 Å². The molecule has 0 fully saturated rings. The van der Waals surface area contributed by atoms with E-state index in [4.69, 9.17) is 0 Å². The largest absolute Gasteiger partial charge is 0.305 e. The van der Waals surface area contributed by atoms with Gasteiger partial charge in [-0.05, 0) is 48.6 Å². The number of hydrogen-bond donors (Lipinski definition) is 0. The van der Waals surface area contributed by atoms with Crippen LogP contribution in [0, 0.1) is 0 Å². The topological polar surface area (TPSA) is 3.24 Å². The predicted molar refractivity (Wildman–Crippen MR) is 91.9 cm³/mol. The highest BCUT2D eigenvalue weighted by molar-refractivity contribution is 7.99. The smallest absolute Gasteiger partial charge is 0.0238 e. The molecule has 21 heavy (non-hydrogen) atoms. The van der Waals surface area contributed by atoms with Gasteiger partial charge in [-0.25, -0.2) is 0 Å². The Morgan fingerprint density at radius 1 is 0.810 bits per heavy atom. The van der Waals surface area contributed by atoms with Crippen LogP contribution in [0.15, 0.2) is 76.5 Å². The zero-order valence-corrected chi connectivity index (χ0v) is 13.2. The van der Waals surface area contributed by atoms with Crippen molar-refractivity contribution in [2.45, 2.75) is 16.3 Å². The highest BCUT2D eigenvalue weighted by Crippen LogP contribution is 2.32. The van der Waals surface area contributed by atoms with Crippen molar-refractivity contribution in [3.63, 3.8) is 0 Å². The molecule has 1 nitrogen and oxygen atoms in total. The zero-order valence-electron chi connectivity index (χ0n) is 12.4. The molecule has 0 spiro atoms. The van der Waals surface area contributed by atoms with Crippen LogP contribution in [-0.4, -0.2) is 19.0 Å². The summed E-state index contributed by atoms with van der Waals surface area (Å²) < 4.78 is 0. The van der Waals surface area contributed by atoms with E-state index in [9.17, 15) is 0 Å². The van der Waals surface area contributed by atoms with Crippen LogP contribution in [-0.2, 0) is 6.54 Å². The lowest BCUT2D eigenvalue weighted by Crippen LogP contribution is -2.11. The second-order valence-corrected chi connectivity index (χ2v) is 6.57. The fraction of sp³-hybridized carbons (Fsp3) is 0.158. The number of fused-ring (bicyclic) bond motifs is 1. The number of hydrogen-bond acceptors (Lipinski definition) is 2. The summed E-state index contributed by atoms with van der Waals surface area (Å²) in [6, 6.07) is 23.8. The Morgan fingerprint density at radius 2 is 1.52 bits per heavy atom. The molecular formula is C19H19NS. The molecule has 0 bridgehead atoms. The maximum atomic E-state index is 2.27. The van der Waals surface area contributed by atoms with E-state index in [0.29, 0.717) is 0 Å². The molecular weight excluding hydrogens is 274 g/mol. The molecule has 3 aromatic rings. The molecule has 0 radical (unpaired) electrons. The Balaban J connectivity index is 1.91. The van der Waals surface area contributed by atoms with Crippen LogP contribution in [0.1, 0.15) is 5.56 Å². The predicted octanol–water partition coefficient (Wildman–Crippen LogP) is 5.05. The second kappa shape index (κ2) is 6.33. The molecule has 0 aliphatic rings. The van der Waals surface area contributed by atoms with Gasteiger partial charge in [0.05, 0.1) is 0 Å². The Labute approximate surface area is 130 Å². The number of nitrogens with zero attached hydrogens (tertiary/aromatic N) is 1. The molecule has 106 valence electrons. The quantitative estimate of drug-likeness (QED) is 0.662. The zero-order chi connectivity index (χ0) is 14.7. The Hall–Kier alpha value is -1.77. The molecule has 2 heteroatoms. The molecule has 0 atom stereocenters. The minimum Gasteiger partial charge on any atom is -0.305 e. The monoisotopic (exact) mass is 293 g/mol. The van der Waals surface area contributed by atoms with Gasteiger partial charge in [-0.15, -0.1) is 0 Å². The van der Waals surface area contributed by atoms with Crippen molar-refractivity contribution in [2.75, 3.05) is 14.1 Å². The average Bonchev–Trinajstić information content (AvgIpc) is 2.49. The third kappa shape index (κ3) is 3.46. The Morgan fingerprint density at radius 3 is 2.33 bits per heavy atom. The van der Waals surface area contributed by atoms with E-state index in [0.717, 1.165) is 6.54 Å². The highest BCUT2D eigenvalue weighted by atomic mass is 32.2. The molecule has 3 aromatic carbocycles. The van der Waals surface area contributed by atoms with E-state index in [2.05, 4.69) is 85.7 Å². The molecule has 0 heterocycles. The van der Waals surface area contributed by atoms with E-state index in [1.165, 1.54) is 26.1 Å². The number of benzene rings is 3. The SMILES string of the molecule is CN(C)Cc1ccccc1Sc1ccc2ccccc2c1. The second-order valence-electron chi connectivity index (χ2n) is 5.46. The van der Waals surface area contributed by atoms with Crippen LogP contribution >= 0.6 is 11.8 Å². The van der Waals surface area contributed by atoms with Gasteiger partial charge in [-0.2, -0.15) is 0 Å². The van der Waals surface area contributed by atoms with Gasteiger partial charge in [0.2, 0.25) is 0 Å². The standard InChI is InChI=1S/C19H19NS/c1-20(2)14-17-9-5-6-10-19(17)21-18-12-11-15-7-3-4-8-16(15)13-18/h3-13H,14H2,1-2H3. The van der Waals surface area contributed by atoms with E-state index < -0.39 is 0 Å². The van der Waals surface area contributed by atoms with Crippen LogP contribution in [0.2, 0.25) is 0 Å². The third-order valence-electron chi connectivity index (χ3n) is 3.41. The van der Waals surface area contributed by atoms with Crippen molar-refractivity contribution < 1.29 is 0 Å². The van der Waals surface area contributed by atoms with Crippen LogP contribution in [0.25, 0.3) is 10.8 Å². The third-order valence-corrected chi connectivity index (χ3v) is 4.52. The minimum absolute atomic E-state index is 0.969. The summed E-state index contributed by atoms with van der Waals surface area (Å²) in [7, 11) is 4.22. The van der Waals surface area contributed by atoms with E-state index in [1.54, 1.807) is 0 Å². The van der Waals surface area contributed by atoms with Gasteiger partial charge >= 0.3 is 0 Å². The maximum Gasteiger partial charge on any atom is 0.0238 e. The van der Waals surface area contributed by atoms with E-state index >= 15 is 0 Å². The van der Waals surface area contributed by atoms with Crippen LogP contribution in [0.4, 0.5) is 0 Å². The molecule has 0 unspecified atom stereocenters. The summed E-state index contributed by atoms with van der Waals surface area (Å²) in [6.45, 7) is 0.969. The van der Waals surface area contributed by atoms with Crippen molar-refractivity contribution in [1.29, 1.82) is 0 Å². The first kappa shape index (κ1) is 14.2. The van der Waals surface area contributed by atoms with Gasteiger partial charge in [-0.3, -0.25) is 0 Å². The summed E-state index contributed by atoms with van der Waals surface area (Å²) in [5, 5.41) is 2.59. The summed E-state index contributed by atoms with van der Waals surface area (Å²) in [5.41, 5.74) is 1.38. The van der Waals surface area contributed by atoms with Crippen molar-refractivity contribution in [1.82, 2.24) is 4.90 Å². The lowest BCUT2D eigenvalue weighted by Gasteiger charge is -2.14. The lowest BCUT2D eigenvalue weighted by atomic mass is 10.1. The first-order valence-electron chi connectivity index (χ1n) is 7.12. The summed E-state index contributed by atoms with van der Waals surface area (Å²) in [5.74, 6) is 0.